The molecule has 1 amide bonds. The van der Waals surface area contributed by atoms with Crippen molar-refractivity contribution in [2.24, 2.45) is 0 Å². The second-order valence-corrected chi connectivity index (χ2v) is 8.83. The van der Waals surface area contributed by atoms with Crippen LogP contribution in [0.25, 0.3) is 11.3 Å². The normalized spacial score (nSPS) is 15.5. The summed E-state index contributed by atoms with van der Waals surface area (Å²) in [5, 5.41) is 8.16. The van der Waals surface area contributed by atoms with E-state index in [1.807, 2.05) is 52.1 Å². The summed E-state index contributed by atoms with van der Waals surface area (Å²) in [5.74, 6) is -0.0266. The van der Waals surface area contributed by atoms with Gasteiger partial charge in [0, 0.05) is 46.1 Å². The van der Waals surface area contributed by atoms with Crippen LogP contribution in [0.1, 0.15) is 34.1 Å². The summed E-state index contributed by atoms with van der Waals surface area (Å²) >= 11 is 9.58. The average molecular weight is 497 g/mol. The number of nitrogens with zero attached hydrogens (tertiary/aromatic N) is 4. The summed E-state index contributed by atoms with van der Waals surface area (Å²) in [6.45, 7) is 1.42. The topological polar surface area (TPSA) is 66.8 Å². The molecule has 156 valence electrons. The predicted molar refractivity (Wildman–Crippen MR) is 123 cm³/mol. The van der Waals surface area contributed by atoms with Gasteiger partial charge >= 0.3 is 0 Å². The molecule has 0 saturated heterocycles. The largest absolute Gasteiger partial charge is 0.337 e. The lowest BCUT2D eigenvalue weighted by atomic mass is 9.96. The van der Waals surface area contributed by atoms with Gasteiger partial charge < -0.3 is 9.47 Å². The van der Waals surface area contributed by atoms with E-state index >= 15 is 0 Å². The number of hydrogen-bond donors (Lipinski definition) is 1. The molecule has 0 radical (unpaired) electrons. The highest BCUT2D eigenvalue weighted by Gasteiger charge is 2.41. The minimum absolute atomic E-state index is 0.0266. The Hall–Kier alpha value is -2.90. The quantitative estimate of drug-likeness (QED) is 0.393. The van der Waals surface area contributed by atoms with E-state index in [2.05, 4.69) is 43.2 Å². The number of carbonyl (C=O) groups excluding carboxylic acids is 1. The molecule has 1 atom stereocenters. The lowest BCUT2D eigenvalue weighted by Crippen LogP contribution is -2.31. The van der Waals surface area contributed by atoms with E-state index in [-0.39, 0.29) is 11.9 Å². The number of H-pyrrole nitrogens is 1. The molecule has 5 rings (SSSR count). The molecule has 0 saturated carbocycles. The Morgan fingerprint density at radius 3 is 2.55 bits per heavy atom. The Bertz CT molecular complexity index is 1200. The molecule has 1 aliphatic heterocycles. The Balaban J connectivity index is 1.52. The lowest BCUT2D eigenvalue weighted by molar-refractivity contribution is 0.0739. The number of nitrogens with one attached hydrogen (secondary N) is 1. The molecule has 3 heterocycles. The predicted octanol–water partition coefficient (Wildman–Crippen LogP) is 5.32. The van der Waals surface area contributed by atoms with Crippen LogP contribution in [0.3, 0.4) is 0 Å². The first-order chi connectivity index (χ1) is 15.1. The second-order valence-electron chi connectivity index (χ2n) is 7.47. The van der Waals surface area contributed by atoms with Gasteiger partial charge in [-0.3, -0.25) is 9.89 Å². The molecule has 0 fully saturated rings. The summed E-state index contributed by atoms with van der Waals surface area (Å²) in [5.41, 5.74) is 4.23. The number of benzene rings is 2. The number of carbonyl (C=O) groups is 1. The molecular weight excluding hydrogens is 478 g/mol. The number of imidazole rings is 1. The molecule has 0 bridgehead atoms. The second kappa shape index (κ2) is 8.32. The zero-order chi connectivity index (χ0) is 21.4. The molecule has 0 aliphatic carbocycles. The van der Waals surface area contributed by atoms with E-state index in [9.17, 15) is 4.79 Å². The van der Waals surface area contributed by atoms with Crippen molar-refractivity contribution in [2.75, 3.05) is 6.54 Å². The van der Waals surface area contributed by atoms with Crippen LogP contribution in [0.15, 0.2) is 71.7 Å². The highest BCUT2D eigenvalue weighted by molar-refractivity contribution is 9.10. The number of aryl methyl sites for hydroxylation is 1. The van der Waals surface area contributed by atoms with Gasteiger partial charge in [-0.05, 0) is 36.2 Å². The first-order valence-electron chi connectivity index (χ1n) is 9.98. The Morgan fingerprint density at radius 2 is 1.84 bits per heavy atom. The third-order valence-electron chi connectivity index (χ3n) is 5.54. The maximum atomic E-state index is 13.3. The molecule has 0 spiro atoms. The Kier molecular flexibility index (Phi) is 5.38. The van der Waals surface area contributed by atoms with Crippen molar-refractivity contribution in [2.45, 2.75) is 19.0 Å². The van der Waals surface area contributed by atoms with E-state index in [1.54, 1.807) is 12.5 Å². The SMILES string of the molecule is O=C1c2[nH]nc(-c3ccc(Cl)cc3)c2C(c2ccc(Br)cc2)N1CCCn1ccnc1. The number of fused-ring (bicyclic) bond motifs is 1. The molecule has 8 heteroatoms. The molecule has 4 aromatic rings. The summed E-state index contributed by atoms with van der Waals surface area (Å²) in [6.07, 6.45) is 6.32. The van der Waals surface area contributed by atoms with E-state index < -0.39 is 0 Å². The van der Waals surface area contributed by atoms with E-state index in [4.69, 9.17) is 11.6 Å². The summed E-state index contributed by atoms with van der Waals surface area (Å²) < 4.78 is 3.02. The summed E-state index contributed by atoms with van der Waals surface area (Å²) in [6, 6.07) is 15.5. The van der Waals surface area contributed by atoms with Gasteiger partial charge in [-0.1, -0.05) is 51.8 Å². The van der Waals surface area contributed by atoms with Crippen molar-refractivity contribution in [3.05, 3.63) is 93.6 Å². The third-order valence-corrected chi connectivity index (χ3v) is 6.32. The van der Waals surface area contributed by atoms with Gasteiger partial charge in [0.1, 0.15) is 5.69 Å². The first kappa shape index (κ1) is 20.0. The van der Waals surface area contributed by atoms with Crippen molar-refractivity contribution in [3.63, 3.8) is 0 Å². The first-order valence-corrected chi connectivity index (χ1v) is 11.2. The lowest BCUT2D eigenvalue weighted by Gasteiger charge is -2.26. The number of amides is 1. The van der Waals surface area contributed by atoms with Crippen molar-refractivity contribution in [1.82, 2.24) is 24.6 Å². The van der Waals surface area contributed by atoms with Gasteiger partial charge in [0.25, 0.3) is 5.91 Å². The van der Waals surface area contributed by atoms with Crippen LogP contribution >= 0.6 is 27.5 Å². The minimum atomic E-state index is -0.206. The molecule has 1 aliphatic rings. The van der Waals surface area contributed by atoms with Crippen LogP contribution in [0.2, 0.25) is 5.02 Å². The van der Waals surface area contributed by atoms with Crippen LogP contribution in [0, 0.1) is 0 Å². The molecule has 6 nitrogen and oxygen atoms in total. The van der Waals surface area contributed by atoms with Crippen LogP contribution in [-0.4, -0.2) is 37.1 Å². The van der Waals surface area contributed by atoms with Crippen molar-refractivity contribution < 1.29 is 4.79 Å². The fraction of sp³-hybridized carbons (Fsp3) is 0.174. The van der Waals surface area contributed by atoms with Gasteiger partial charge in [-0.15, -0.1) is 0 Å². The van der Waals surface area contributed by atoms with E-state index in [0.717, 1.165) is 39.8 Å². The number of aromatic amines is 1. The van der Waals surface area contributed by atoms with Gasteiger partial charge in [-0.2, -0.15) is 5.10 Å². The van der Waals surface area contributed by atoms with Crippen molar-refractivity contribution in [1.29, 1.82) is 0 Å². The number of rotatable bonds is 6. The Labute approximate surface area is 193 Å². The average Bonchev–Trinajstić information content (AvgIpc) is 3.49. The third kappa shape index (κ3) is 3.79. The maximum absolute atomic E-state index is 13.3. The number of halogens is 2. The summed E-state index contributed by atoms with van der Waals surface area (Å²) in [7, 11) is 0. The van der Waals surface area contributed by atoms with Gasteiger partial charge in [0.2, 0.25) is 0 Å². The van der Waals surface area contributed by atoms with Crippen LogP contribution in [-0.2, 0) is 6.54 Å². The monoisotopic (exact) mass is 495 g/mol. The molecular formula is C23H19BrClN5O. The van der Waals surface area contributed by atoms with Gasteiger partial charge in [0.15, 0.2) is 0 Å². The molecule has 1 unspecified atom stereocenters. The zero-order valence-corrected chi connectivity index (χ0v) is 18.8. The van der Waals surface area contributed by atoms with Crippen molar-refractivity contribution in [3.8, 4) is 11.3 Å². The molecule has 2 aromatic heterocycles. The van der Waals surface area contributed by atoms with Crippen molar-refractivity contribution >= 4 is 33.4 Å². The molecule has 2 aromatic carbocycles. The highest BCUT2D eigenvalue weighted by Crippen LogP contribution is 2.43. The Morgan fingerprint density at radius 1 is 1.06 bits per heavy atom. The van der Waals surface area contributed by atoms with Gasteiger partial charge in [0.05, 0.1) is 18.1 Å². The van der Waals surface area contributed by atoms with E-state index in [1.165, 1.54) is 0 Å². The van der Waals surface area contributed by atoms with Gasteiger partial charge in [-0.25, -0.2) is 4.98 Å². The van der Waals surface area contributed by atoms with Crippen LogP contribution < -0.4 is 0 Å². The fourth-order valence-corrected chi connectivity index (χ4v) is 4.48. The molecule has 31 heavy (non-hydrogen) atoms. The van der Waals surface area contributed by atoms with E-state index in [0.29, 0.717) is 17.3 Å². The van der Waals surface area contributed by atoms with Crippen LogP contribution in [0.4, 0.5) is 0 Å². The highest BCUT2D eigenvalue weighted by atomic mass is 79.9. The fourth-order valence-electron chi connectivity index (χ4n) is 4.09. The minimum Gasteiger partial charge on any atom is -0.337 e. The molecule has 1 N–H and O–H groups in total. The summed E-state index contributed by atoms with van der Waals surface area (Å²) in [4.78, 5) is 19.4. The maximum Gasteiger partial charge on any atom is 0.273 e. The smallest absolute Gasteiger partial charge is 0.273 e. The number of aromatic nitrogens is 4. The number of hydrogen-bond acceptors (Lipinski definition) is 3. The standard InChI is InChI=1S/C23H19BrClN5O/c24-17-6-2-16(3-7-17)22-19-20(15-4-8-18(25)9-5-15)27-28-21(19)23(31)30(22)12-1-11-29-13-10-26-14-29/h2-10,13-14,22H,1,11-12H2,(H,27,28). The van der Waals surface area contributed by atoms with Crippen LogP contribution in [0.5, 0.6) is 0 Å². The zero-order valence-electron chi connectivity index (χ0n) is 16.5.